The van der Waals surface area contributed by atoms with Gasteiger partial charge in [0.1, 0.15) is 11.5 Å². The number of hydrogen-bond acceptors (Lipinski definition) is 3. The number of hydrogen-bond donors (Lipinski definition) is 3. The number of benzene rings is 1. The number of rotatable bonds is 4. The summed E-state index contributed by atoms with van der Waals surface area (Å²) in [5.41, 5.74) is 1.48. The number of H-pyrrole nitrogens is 1. The van der Waals surface area contributed by atoms with Crippen molar-refractivity contribution in [2.45, 2.75) is 38.1 Å². The van der Waals surface area contributed by atoms with Crippen molar-refractivity contribution in [2.24, 2.45) is 5.92 Å². The minimum absolute atomic E-state index is 0.257. The molecular weight excluding hydrogens is 325 g/mol. The van der Waals surface area contributed by atoms with Gasteiger partial charge in [-0.05, 0) is 43.2 Å². The Balaban J connectivity index is 1.72. The summed E-state index contributed by atoms with van der Waals surface area (Å²) < 4.78 is 13.0. The fraction of sp³-hybridized carbons (Fsp3) is 0.389. The Morgan fingerprint density at radius 2 is 1.88 bits per heavy atom. The molecule has 6 nitrogen and oxygen atoms in total. The van der Waals surface area contributed by atoms with E-state index in [2.05, 4.69) is 15.5 Å². The highest BCUT2D eigenvalue weighted by molar-refractivity contribution is 5.93. The van der Waals surface area contributed by atoms with Gasteiger partial charge in [-0.2, -0.15) is 5.10 Å². The molecule has 132 valence electrons. The van der Waals surface area contributed by atoms with Gasteiger partial charge < -0.3 is 10.4 Å². The molecule has 2 atom stereocenters. The van der Waals surface area contributed by atoms with Crippen LogP contribution in [-0.2, 0) is 4.79 Å². The molecule has 1 aromatic heterocycles. The Hall–Kier alpha value is -2.70. The number of nitrogens with zero attached hydrogens (tertiary/aromatic N) is 1. The predicted octanol–water partition coefficient (Wildman–Crippen LogP) is 2.98. The third kappa shape index (κ3) is 4.04. The first-order valence-corrected chi connectivity index (χ1v) is 8.39. The van der Waals surface area contributed by atoms with Gasteiger partial charge in [-0.3, -0.25) is 14.7 Å². The number of aromatic nitrogens is 2. The van der Waals surface area contributed by atoms with Crippen LogP contribution in [0, 0.1) is 11.7 Å². The van der Waals surface area contributed by atoms with Gasteiger partial charge in [0.2, 0.25) is 0 Å². The second-order valence-corrected chi connectivity index (χ2v) is 6.34. The van der Waals surface area contributed by atoms with Crippen molar-refractivity contribution < 1.29 is 19.1 Å². The van der Waals surface area contributed by atoms with E-state index in [0.29, 0.717) is 24.1 Å². The highest BCUT2D eigenvalue weighted by Crippen LogP contribution is 2.24. The number of carboxylic acids is 1. The number of carbonyl (C=O) groups excluding carboxylic acids is 1. The number of amides is 1. The van der Waals surface area contributed by atoms with E-state index in [1.54, 1.807) is 18.2 Å². The molecule has 1 aliphatic rings. The average molecular weight is 345 g/mol. The maximum absolute atomic E-state index is 13.0. The largest absolute Gasteiger partial charge is 0.481 e. The molecule has 1 aromatic carbocycles. The Morgan fingerprint density at radius 3 is 2.60 bits per heavy atom. The van der Waals surface area contributed by atoms with Crippen LogP contribution in [0.3, 0.4) is 0 Å². The number of aliphatic carboxylic acids is 1. The van der Waals surface area contributed by atoms with E-state index in [4.69, 9.17) is 0 Å². The monoisotopic (exact) mass is 345 g/mol. The van der Waals surface area contributed by atoms with Crippen LogP contribution in [0.25, 0.3) is 11.3 Å². The molecule has 0 unspecified atom stereocenters. The van der Waals surface area contributed by atoms with Gasteiger partial charge >= 0.3 is 5.97 Å². The molecule has 3 N–H and O–H groups in total. The summed E-state index contributed by atoms with van der Waals surface area (Å²) in [6.07, 6.45) is 3.97. The molecular formula is C18H20FN3O3. The second-order valence-electron chi connectivity index (χ2n) is 6.34. The molecule has 0 bridgehead atoms. The zero-order valence-corrected chi connectivity index (χ0v) is 13.7. The molecule has 1 aliphatic carbocycles. The summed E-state index contributed by atoms with van der Waals surface area (Å²) in [6.45, 7) is 0. The lowest BCUT2D eigenvalue weighted by Gasteiger charge is -2.22. The van der Waals surface area contributed by atoms with Gasteiger partial charge in [0.05, 0.1) is 11.6 Å². The third-order valence-electron chi connectivity index (χ3n) is 4.61. The van der Waals surface area contributed by atoms with Crippen molar-refractivity contribution in [1.82, 2.24) is 15.5 Å². The van der Waals surface area contributed by atoms with Gasteiger partial charge in [-0.15, -0.1) is 0 Å². The summed E-state index contributed by atoms with van der Waals surface area (Å²) in [5, 5.41) is 19.0. The van der Waals surface area contributed by atoms with Gasteiger partial charge in [0.15, 0.2) is 0 Å². The smallest absolute Gasteiger partial charge is 0.308 e. The van der Waals surface area contributed by atoms with Crippen LogP contribution >= 0.6 is 0 Å². The third-order valence-corrected chi connectivity index (χ3v) is 4.61. The van der Waals surface area contributed by atoms with E-state index < -0.39 is 11.9 Å². The minimum Gasteiger partial charge on any atom is -0.481 e. The zero-order valence-electron chi connectivity index (χ0n) is 13.7. The van der Waals surface area contributed by atoms with Crippen molar-refractivity contribution in [3.63, 3.8) is 0 Å². The maximum Gasteiger partial charge on any atom is 0.308 e. The van der Waals surface area contributed by atoms with E-state index >= 15 is 0 Å². The van der Waals surface area contributed by atoms with Gasteiger partial charge in [-0.1, -0.05) is 19.3 Å². The van der Waals surface area contributed by atoms with Gasteiger partial charge in [0.25, 0.3) is 5.91 Å². The minimum atomic E-state index is -0.871. The van der Waals surface area contributed by atoms with Crippen LogP contribution < -0.4 is 5.32 Å². The van der Waals surface area contributed by atoms with Crippen LogP contribution in [0.15, 0.2) is 30.3 Å². The Labute approximate surface area is 144 Å². The highest BCUT2D eigenvalue weighted by atomic mass is 19.1. The summed E-state index contributed by atoms with van der Waals surface area (Å²) in [7, 11) is 0. The number of aromatic amines is 1. The van der Waals surface area contributed by atoms with E-state index in [-0.39, 0.29) is 23.5 Å². The second kappa shape index (κ2) is 7.46. The quantitative estimate of drug-likeness (QED) is 0.743. The Kier molecular flexibility index (Phi) is 5.11. The normalized spacial score (nSPS) is 20.7. The first-order valence-electron chi connectivity index (χ1n) is 8.39. The number of carbonyl (C=O) groups is 2. The molecule has 1 fully saturated rings. The highest BCUT2D eigenvalue weighted by Gasteiger charge is 2.31. The fourth-order valence-electron chi connectivity index (χ4n) is 3.23. The van der Waals surface area contributed by atoms with Crippen molar-refractivity contribution in [3.8, 4) is 11.3 Å². The SMILES string of the molecule is O=C(N[C@H]1CCCCC[C@H]1C(=O)O)c1cc(-c2ccc(F)cc2)n[nH]1. The molecule has 0 spiro atoms. The molecule has 1 amide bonds. The fourth-order valence-corrected chi connectivity index (χ4v) is 3.23. The Morgan fingerprint density at radius 1 is 1.16 bits per heavy atom. The van der Waals surface area contributed by atoms with Crippen LogP contribution in [-0.4, -0.2) is 33.2 Å². The van der Waals surface area contributed by atoms with E-state index in [9.17, 15) is 19.1 Å². The predicted molar refractivity (Wildman–Crippen MR) is 89.4 cm³/mol. The molecule has 0 aliphatic heterocycles. The number of carboxylic acid groups (broad SMARTS) is 1. The molecule has 25 heavy (non-hydrogen) atoms. The van der Waals surface area contributed by atoms with Crippen molar-refractivity contribution >= 4 is 11.9 Å². The van der Waals surface area contributed by atoms with Crippen molar-refractivity contribution in [3.05, 3.63) is 41.8 Å². The standard InChI is InChI=1S/C18H20FN3O3/c19-12-8-6-11(7-9-12)15-10-16(22-21-15)17(23)20-14-5-3-1-2-4-13(14)18(24)25/h6-10,13-14H,1-5H2,(H,20,23)(H,21,22)(H,24,25)/t13-,14+/m1/s1. The van der Waals surface area contributed by atoms with Gasteiger partial charge in [0, 0.05) is 11.6 Å². The molecule has 0 saturated heterocycles. The van der Waals surface area contributed by atoms with E-state index in [1.165, 1.54) is 12.1 Å². The Bertz CT molecular complexity index is 757. The molecule has 0 radical (unpaired) electrons. The molecule has 1 heterocycles. The topological polar surface area (TPSA) is 95.1 Å². The average Bonchev–Trinajstić information content (AvgIpc) is 2.96. The van der Waals surface area contributed by atoms with Crippen molar-refractivity contribution in [2.75, 3.05) is 0 Å². The molecule has 2 aromatic rings. The lowest BCUT2D eigenvalue weighted by atomic mass is 9.95. The summed E-state index contributed by atoms with van der Waals surface area (Å²) >= 11 is 0. The first kappa shape index (κ1) is 17.1. The molecule has 3 rings (SSSR count). The van der Waals surface area contributed by atoms with Gasteiger partial charge in [-0.25, -0.2) is 4.39 Å². The molecule has 7 heteroatoms. The van der Waals surface area contributed by atoms with E-state index in [1.807, 2.05) is 0 Å². The van der Waals surface area contributed by atoms with Crippen LogP contribution in [0.2, 0.25) is 0 Å². The summed E-state index contributed by atoms with van der Waals surface area (Å²) in [4.78, 5) is 23.9. The lowest BCUT2D eigenvalue weighted by Crippen LogP contribution is -2.43. The first-order chi connectivity index (χ1) is 12.0. The summed E-state index contributed by atoms with van der Waals surface area (Å²) in [6, 6.07) is 7.01. The van der Waals surface area contributed by atoms with Crippen molar-refractivity contribution in [1.29, 1.82) is 0 Å². The maximum atomic E-state index is 13.0. The van der Waals surface area contributed by atoms with Crippen LogP contribution in [0.1, 0.15) is 42.6 Å². The van der Waals surface area contributed by atoms with E-state index in [0.717, 1.165) is 19.3 Å². The van der Waals surface area contributed by atoms with Crippen LogP contribution in [0.4, 0.5) is 4.39 Å². The number of halogens is 1. The molecule has 1 saturated carbocycles. The van der Waals surface area contributed by atoms with Crippen LogP contribution in [0.5, 0.6) is 0 Å². The summed E-state index contributed by atoms with van der Waals surface area (Å²) in [5.74, 6) is -2.15. The number of nitrogens with one attached hydrogen (secondary N) is 2. The zero-order chi connectivity index (χ0) is 17.8. The lowest BCUT2D eigenvalue weighted by molar-refractivity contribution is -0.142.